The van der Waals surface area contributed by atoms with Crippen molar-refractivity contribution in [1.82, 2.24) is 4.98 Å². The Hall–Kier alpha value is 1.60. The number of halogens is 5. The second kappa shape index (κ2) is 5.62. The second-order valence-corrected chi connectivity index (χ2v) is 3.78. The Morgan fingerprint density at radius 2 is 1.77 bits per heavy atom. The van der Waals surface area contributed by atoms with Crippen LogP contribution in [0.2, 0.25) is 0 Å². The first kappa shape index (κ1) is 14.6. The Morgan fingerprint density at radius 3 is 2.15 bits per heavy atom. The first-order chi connectivity index (χ1) is 5.41. The summed E-state index contributed by atoms with van der Waals surface area (Å²) in [4.78, 5) is 3.51. The second-order valence-electron chi connectivity index (χ2n) is 2.11. The van der Waals surface area contributed by atoms with E-state index in [2.05, 4.69) is 36.8 Å². The average molecular weight is 343 g/mol. The molecule has 1 nitrogen and oxygen atoms in total. The van der Waals surface area contributed by atoms with Gasteiger partial charge in [0.1, 0.15) is 0 Å². The molecule has 1 heterocycles. The largest absolute Gasteiger partial charge is 1.00 e. The third kappa shape index (κ3) is 4.31. The van der Waals surface area contributed by atoms with Gasteiger partial charge < -0.3 is 12.9 Å². The predicted molar refractivity (Wildman–Crippen MR) is 48.3 cm³/mol. The van der Waals surface area contributed by atoms with Gasteiger partial charge in [-0.2, -0.15) is 0 Å². The summed E-state index contributed by atoms with van der Waals surface area (Å²) >= 11 is 5.65. The molecule has 0 saturated carbocycles. The van der Waals surface area contributed by atoms with E-state index in [4.69, 9.17) is 0 Å². The Bertz CT molecular complexity index is 306. The maximum atomic E-state index is 12.2. The number of hydrogen-bond donors (Lipinski definition) is 0. The van der Waals surface area contributed by atoms with Gasteiger partial charge in [0.15, 0.2) is 0 Å². The molecule has 8 heteroatoms. The van der Waals surface area contributed by atoms with Crippen molar-refractivity contribution in [2.45, 2.75) is 0 Å². The number of nitrogens with zero attached hydrogens (tertiary/aromatic N) is 1. The number of pyridine rings is 1. The molecule has 0 atom stereocenters. The van der Waals surface area contributed by atoms with Gasteiger partial charge in [-0.25, -0.2) is 0 Å². The molecule has 0 unspecified atom stereocenters. The summed E-state index contributed by atoms with van der Waals surface area (Å²) in [6.07, 6.45) is 1.30. The standard InChI is InChI=1S/C5H2BBr2F3N.K/c7-3-1-4(6(9,10)11)5(8)12-2-3;/h1-2H;/q-1;+1. The molecule has 0 spiro atoms. The zero-order valence-electron chi connectivity index (χ0n) is 6.57. The quantitative estimate of drug-likeness (QED) is 0.503. The fraction of sp³-hybridized carbons (Fsp3) is 0. The van der Waals surface area contributed by atoms with Gasteiger partial charge in [-0.05, 0) is 31.9 Å². The number of hydrogen-bond acceptors (Lipinski definition) is 1. The van der Waals surface area contributed by atoms with Gasteiger partial charge in [-0.15, -0.1) is 0 Å². The van der Waals surface area contributed by atoms with Crippen LogP contribution in [0.5, 0.6) is 0 Å². The van der Waals surface area contributed by atoms with Crippen molar-refractivity contribution >= 4 is 44.3 Å². The van der Waals surface area contributed by atoms with Crippen LogP contribution in [0.3, 0.4) is 0 Å². The molecule has 1 aromatic heterocycles. The molecule has 1 aromatic rings. The molecule has 0 amide bonds. The average Bonchev–Trinajstić information content (AvgIpc) is 1.92. The van der Waals surface area contributed by atoms with Gasteiger partial charge in [0.25, 0.3) is 0 Å². The van der Waals surface area contributed by atoms with E-state index < -0.39 is 12.4 Å². The maximum Gasteiger partial charge on any atom is 1.00 e. The fourth-order valence-electron chi connectivity index (χ4n) is 0.668. The van der Waals surface area contributed by atoms with E-state index in [0.29, 0.717) is 4.47 Å². The third-order valence-electron chi connectivity index (χ3n) is 1.19. The van der Waals surface area contributed by atoms with E-state index in [1.54, 1.807) is 0 Å². The van der Waals surface area contributed by atoms with Gasteiger partial charge in [-0.3, -0.25) is 4.98 Å². The molecule has 0 fully saturated rings. The van der Waals surface area contributed by atoms with Crippen LogP contribution in [0.4, 0.5) is 12.9 Å². The summed E-state index contributed by atoms with van der Waals surface area (Å²) in [6.45, 7) is -4.99. The molecular weight excluding hydrogens is 341 g/mol. The first-order valence-corrected chi connectivity index (χ1v) is 4.51. The van der Waals surface area contributed by atoms with Crippen LogP contribution >= 0.6 is 31.9 Å². The van der Waals surface area contributed by atoms with Crippen LogP contribution in [0.25, 0.3) is 0 Å². The predicted octanol–water partition coefficient (Wildman–Crippen LogP) is -0.335. The molecule has 0 aromatic carbocycles. The molecule has 13 heavy (non-hydrogen) atoms. The van der Waals surface area contributed by atoms with Crippen molar-refractivity contribution in [3.05, 3.63) is 21.3 Å². The van der Waals surface area contributed by atoms with Crippen molar-refractivity contribution in [1.29, 1.82) is 0 Å². The van der Waals surface area contributed by atoms with Crippen molar-refractivity contribution in [2.24, 2.45) is 0 Å². The molecule has 0 N–H and O–H groups in total. The smallest absolute Gasteiger partial charge is 0.445 e. The van der Waals surface area contributed by atoms with Crippen molar-refractivity contribution in [2.75, 3.05) is 0 Å². The minimum absolute atomic E-state index is 0. The van der Waals surface area contributed by atoms with Crippen LogP contribution in [0.1, 0.15) is 0 Å². The van der Waals surface area contributed by atoms with Crippen LogP contribution in [0, 0.1) is 0 Å². The molecule has 0 aliphatic carbocycles. The van der Waals surface area contributed by atoms with Gasteiger partial charge in [0.2, 0.25) is 0 Å². The van der Waals surface area contributed by atoms with E-state index in [-0.39, 0.29) is 56.0 Å². The summed E-state index contributed by atoms with van der Waals surface area (Å²) in [5.41, 5.74) is -0.718. The minimum atomic E-state index is -4.99. The molecular formula is C5H2BBr2F3KN. The topological polar surface area (TPSA) is 12.9 Å². The summed E-state index contributed by atoms with van der Waals surface area (Å²) < 4.78 is 36.8. The number of rotatable bonds is 1. The van der Waals surface area contributed by atoms with Gasteiger partial charge in [-0.1, -0.05) is 11.5 Å². The van der Waals surface area contributed by atoms with E-state index in [0.717, 1.165) is 6.07 Å². The number of aromatic nitrogens is 1. The molecule has 0 aliphatic rings. The van der Waals surface area contributed by atoms with Crippen molar-refractivity contribution in [3.8, 4) is 0 Å². The van der Waals surface area contributed by atoms with E-state index in [1.807, 2.05) is 0 Å². The van der Waals surface area contributed by atoms with Crippen molar-refractivity contribution in [3.63, 3.8) is 0 Å². The van der Waals surface area contributed by atoms with E-state index in [9.17, 15) is 12.9 Å². The minimum Gasteiger partial charge on any atom is -0.445 e. The van der Waals surface area contributed by atoms with Crippen LogP contribution in [0.15, 0.2) is 21.3 Å². The van der Waals surface area contributed by atoms with Crippen molar-refractivity contribution < 1.29 is 64.3 Å². The third-order valence-corrected chi connectivity index (χ3v) is 2.28. The Labute approximate surface area is 133 Å². The first-order valence-electron chi connectivity index (χ1n) is 2.92. The molecule has 1 rings (SSSR count). The Kier molecular flexibility index (Phi) is 6.31. The summed E-state index contributed by atoms with van der Waals surface area (Å²) in [5.74, 6) is 0. The summed E-state index contributed by atoms with van der Waals surface area (Å²) in [7, 11) is 0. The monoisotopic (exact) mass is 341 g/mol. The maximum absolute atomic E-state index is 12.2. The molecule has 66 valence electrons. The van der Waals surface area contributed by atoms with Gasteiger partial charge in [0, 0.05) is 10.7 Å². The van der Waals surface area contributed by atoms with Crippen LogP contribution in [-0.4, -0.2) is 12.0 Å². The Morgan fingerprint density at radius 1 is 1.23 bits per heavy atom. The van der Waals surface area contributed by atoms with E-state index in [1.165, 1.54) is 6.20 Å². The van der Waals surface area contributed by atoms with Gasteiger partial charge >= 0.3 is 58.4 Å². The van der Waals surface area contributed by atoms with Crippen LogP contribution < -0.4 is 56.8 Å². The van der Waals surface area contributed by atoms with Crippen LogP contribution in [-0.2, 0) is 0 Å². The SMILES string of the molecule is F[B-](F)(F)c1cc(Br)cnc1Br.[K+]. The fourth-order valence-corrected chi connectivity index (χ4v) is 1.49. The summed E-state index contributed by atoms with van der Waals surface area (Å²) in [6, 6.07) is 0.997. The normalized spacial score (nSPS) is 10.8. The molecule has 0 saturated heterocycles. The molecule has 0 bridgehead atoms. The molecule has 0 aliphatic heterocycles. The molecule has 0 radical (unpaired) electrons. The van der Waals surface area contributed by atoms with Gasteiger partial charge in [0.05, 0.1) is 4.60 Å². The zero-order chi connectivity index (χ0) is 9.35. The summed E-state index contributed by atoms with van der Waals surface area (Å²) in [5, 5.41) is 0. The zero-order valence-corrected chi connectivity index (χ0v) is 12.9. The van der Waals surface area contributed by atoms with E-state index >= 15 is 0 Å². The Balaban J connectivity index is 0.00000144.